The molecule has 128 valence electrons. The standard InChI is InChI=1S/C17H17N5O2S/c23-12-9-18-6-5-10(12)21-16(24)14-15(20-8-7-19-14)17-22-11-3-1-2-4-13(11)25-17/h1-4,7-8,10,12,18,23H,5-6,9H2,(H,21,24). The van der Waals surface area contributed by atoms with Gasteiger partial charge in [-0.25, -0.2) is 15.0 Å². The predicted octanol–water partition coefficient (Wildman–Crippen LogP) is 1.21. The zero-order chi connectivity index (χ0) is 17.2. The van der Waals surface area contributed by atoms with Crippen molar-refractivity contribution in [3.8, 4) is 10.7 Å². The molecule has 2 atom stereocenters. The van der Waals surface area contributed by atoms with Gasteiger partial charge in [-0.15, -0.1) is 11.3 Å². The Morgan fingerprint density at radius 2 is 2.12 bits per heavy atom. The van der Waals surface area contributed by atoms with Crippen LogP contribution in [0.2, 0.25) is 0 Å². The van der Waals surface area contributed by atoms with Gasteiger partial charge in [-0.2, -0.15) is 0 Å². The first-order chi connectivity index (χ1) is 12.2. The van der Waals surface area contributed by atoms with E-state index >= 15 is 0 Å². The minimum Gasteiger partial charge on any atom is -0.390 e. The van der Waals surface area contributed by atoms with Gasteiger partial charge in [-0.3, -0.25) is 4.79 Å². The maximum atomic E-state index is 12.7. The molecule has 1 saturated heterocycles. The topological polar surface area (TPSA) is 100 Å². The minimum atomic E-state index is -0.611. The van der Waals surface area contributed by atoms with Gasteiger partial charge in [0.15, 0.2) is 5.69 Å². The molecule has 2 aromatic heterocycles. The van der Waals surface area contributed by atoms with Crippen LogP contribution in [0, 0.1) is 0 Å². The first-order valence-corrected chi connectivity index (χ1v) is 8.90. The summed E-state index contributed by atoms with van der Waals surface area (Å²) >= 11 is 1.48. The Morgan fingerprint density at radius 1 is 1.28 bits per heavy atom. The Bertz CT molecular complexity index is 880. The summed E-state index contributed by atoms with van der Waals surface area (Å²) in [4.78, 5) is 25.8. The van der Waals surface area contributed by atoms with E-state index in [1.165, 1.54) is 17.5 Å². The summed E-state index contributed by atoms with van der Waals surface area (Å²) in [6.45, 7) is 1.23. The van der Waals surface area contributed by atoms with E-state index in [1.54, 1.807) is 6.20 Å². The van der Waals surface area contributed by atoms with Gasteiger partial charge < -0.3 is 15.7 Å². The molecular weight excluding hydrogens is 338 g/mol. The zero-order valence-corrected chi connectivity index (χ0v) is 14.2. The molecule has 0 radical (unpaired) electrons. The van der Waals surface area contributed by atoms with E-state index < -0.39 is 6.10 Å². The number of aliphatic hydroxyl groups excluding tert-OH is 1. The second-order valence-corrected chi connectivity index (χ2v) is 6.91. The van der Waals surface area contributed by atoms with Crippen molar-refractivity contribution in [2.45, 2.75) is 18.6 Å². The van der Waals surface area contributed by atoms with Gasteiger partial charge in [-0.1, -0.05) is 12.1 Å². The third kappa shape index (κ3) is 3.23. The SMILES string of the molecule is O=C(NC1CCNCC1O)c1nccnc1-c1nc2ccccc2s1. The number of hydrogen-bond acceptors (Lipinski definition) is 7. The summed E-state index contributed by atoms with van der Waals surface area (Å²) in [5.41, 5.74) is 1.56. The van der Waals surface area contributed by atoms with Gasteiger partial charge in [0, 0.05) is 18.9 Å². The Morgan fingerprint density at radius 3 is 2.96 bits per heavy atom. The summed E-state index contributed by atoms with van der Waals surface area (Å²) in [6.07, 6.45) is 3.10. The summed E-state index contributed by atoms with van der Waals surface area (Å²) in [5, 5.41) is 16.6. The van der Waals surface area contributed by atoms with Crippen LogP contribution in [0.4, 0.5) is 0 Å². The number of β-amino-alcohol motifs (C(OH)–C–C–N with tert-alkyl or cyclic N) is 1. The lowest BCUT2D eigenvalue weighted by Crippen LogP contribution is -2.52. The Hall–Kier alpha value is -2.42. The first kappa shape index (κ1) is 16.1. The molecule has 1 amide bonds. The average Bonchev–Trinajstić information content (AvgIpc) is 3.07. The van der Waals surface area contributed by atoms with Crippen LogP contribution in [-0.2, 0) is 0 Å². The Balaban J connectivity index is 1.65. The second kappa shape index (κ2) is 6.83. The number of aliphatic hydroxyl groups is 1. The van der Waals surface area contributed by atoms with E-state index in [2.05, 4.69) is 25.6 Å². The van der Waals surface area contributed by atoms with Crippen molar-refractivity contribution < 1.29 is 9.90 Å². The quantitative estimate of drug-likeness (QED) is 0.653. The number of hydrogen-bond donors (Lipinski definition) is 3. The Labute approximate surface area is 148 Å². The molecule has 7 nitrogen and oxygen atoms in total. The van der Waals surface area contributed by atoms with Crippen LogP contribution in [0.5, 0.6) is 0 Å². The number of aromatic nitrogens is 3. The molecule has 1 aromatic carbocycles. The van der Waals surface area contributed by atoms with Gasteiger partial charge in [0.05, 0.1) is 22.4 Å². The van der Waals surface area contributed by atoms with Crippen LogP contribution in [-0.4, -0.2) is 51.2 Å². The largest absolute Gasteiger partial charge is 0.390 e. The molecule has 8 heteroatoms. The highest BCUT2D eigenvalue weighted by Gasteiger charge is 2.27. The highest BCUT2D eigenvalue weighted by molar-refractivity contribution is 7.21. The lowest BCUT2D eigenvalue weighted by atomic mass is 10.0. The molecule has 0 spiro atoms. The van der Waals surface area contributed by atoms with Crippen molar-refractivity contribution in [2.24, 2.45) is 0 Å². The molecule has 0 aliphatic carbocycles. The highest BCUT2D eigenvalue weighted by Crippen LogP contribution is 2.30. The monoisotopic (exact) mass is 355 g/mol. The molecule has 1 aliphatic heterocycles. The number of amides is 1. The predicted molar refractivity (Wildman–Crippen MR) is 95.4 cm³/mol. The van der Waals surface area contributed by atoms with Crippen LogP contribution >= 0.6 is 11.3 Å². The molecule has 3 aromatic rings. The number of rotatable bonds is 3. The van der Waals surface area contributed by atoms with E-state index in [-0.39, 0.29) is 17.6 Å². The lowest BCUT2D eigenvalue weighted by molar-refractivity contribution is 0.0761. The Kier molecular flexibility index (Phi) is 4.39. The molecule has 2 unspecified atom stereocenters. The normalized spacial score (nSPS) is 20.5. The lowest BCUT2D eigenvalue weighted by Gasteiger charge is -2.29. The van der Waals surface area contributed by atoms with Crippen molar-refractivity contribution >= 4 is 27.5 Å². The molecule has 3 N–H and O–H groups in total. The number of thiazole rings is 1. The van der Waals surface area contributed by atoms with E-state index in [4.69, 9.17) is 0 Å². The average molecular weight is 355 g/mol. The zero-order valence-electron chi connectivity index (χ0n) is 13.3. The number of para-hydroxylation sites is 1. The fraction of sp³-hybridized carbons (Fsp3) is 0.294. The summed E-state index contributed by atoms with van der Waals surface area (Å²) in [6, 6.07) is 7.50. The molecule has 1 aliphatic rings. The number of piperidine rings is 1. The van der Waals surface area contributed by atoms with Crippen LogP contribution in [0.1, 0.15) is 16.9 Å². The molecule has 4 rings (SSSR count). The van der Waals surface area contributed by atoms with Crippen LogP contribution in [0.25, 0.3) is 20.9 Å². The van der Waals surface area contributed by atoms with E-state index in [0.29, 0.717) is 23.7 Å². The number of carbonyl (C=O) groups excluding carboxylic acids is 1. The highest BCUT2D eigenvalue weighted by atomic mass is 32.1. The van der Waals surface area contributed by atoms with Crippen LogP contribution in [0.15, 0.2) is 36.7 Å². The van der Waals surface area contributed by atoms with Crippen molar-refractivity contribution in [2.75, 3.05) is 13.1 Å². The van der Waals surface area contributed by atoms with Crippen LogP contribution < -0.4 is 10.6 Å². The molecular formula is C17H17N5O2S. The number of fused-ring (bicyclic) bond motifs is 1. The van der Waals surface area contributed by atoms with E-state index in [9.17, 15) is 9.90 Å². The minimum absolute atomic E-state index is 0.229. The van der Waals surface area contributed by atoms with Gasteiger partial charge >= 0.3 is 0 Å². The van der Waals surface area contributed by atoms with Gasteiger partial charge in [0.25, 0.3) is 5.91 Å². The number of nitrogens with zero attached hydrogens (tertiary/aromatic N) is 3. The smallest absolute Gasteiger partial charge is 0.272 e. The van der Waals surface area contributed by atoms with Crippen molar-refractivity contribution in [1.29, 1.82) is 0 Å². The summed E-state index contributed by atoms with van der Waals surface area (Å²) in [5.74, 6) is -0.340. The van der Waals surface area contributed by atoms with Crippen molar-refractivity contribution in [3.05, 3.63) is 42.4 Å². The number of carbonyl (C=O) groups is 1. The van der Waals surface area contributed by atoms with Gasteiger partial charge in [0.2, 0.25) is 0 Å². The number of nitrogens with one attached hydrogen (secondary N) is 2. The van der Waals surface area contributed by atoms with Crippen LogP contribution in [0.3, 0.4) is 0 Å². The molecule has 25 heavy (non-hydrogen) atoms. The van der Waals surface area contributed by atoms with E-state index in [1.807, 2.05) is 24.3 Å². The third-order valence-electron chi connectivity index (χ3n) is 4.18. The molecule has 0 saturated carbocycles. The molecule has 1 fully saturated rings. The fourth-order valence-electron chi connectivity index (χ4n) is 2.88. The second-order valence-electron chi connectivity index (χ2n) is 5.88. The summed E-state index contributed by atoms with van der Waals surface area (Å²) < 4.78 is 1.03. The van der Waals surface area contributed by atoms with Crippen molar-refractivity contribution in [3.63, 3.8) is 0 Å². The van der Waals surface area contributed by atoms with Crippen molar-refractivity contribution in [1.82, 2.24) is 25.6 Å². The van der Waals surface area contributed by atoms with Gasteiger partial charge in [0.1, 0.15) is 10.7 Å². The fourth-order valence-corrected chi connectivity index (χ4v) is 3.84. The maximum Gasteiger partial charge on any atom is 0.272 e. The van der Waals surface area contributed by atoms with E-state index in [0.717, 1.165) is 16.8 Å². The maximum absolute atomic E-state index is 12.7. The molecule has 0 bridgehead atoms. The van der Waals surface area contributed by atoms with Gasteiger partial charge in [-0.05, 0) is 25.1 Å². The number of benzene rings is 1. The first-order valence-electron chi connectivity index (χ1n) is 8.09. The third-order valence-corrected chi connectivity index (χ3v) is 5.22. The summed E-state index contributed by atoms with van der Waals surface area (Å²) in [7, 11) is 0. The molecule has 3 heterocycles.